The van der Waals surface area contributed by atoms with Gasteiger partial charge in [0.2, 0.25) is 0 Å². The molecular formula is C28H36N2O2. The molecule has 0 saturated carbocycles. The third kappa shape index (κ3) is 7.70. The second-order valence-corrected chi connectivity index (χ2v) is 8.32. The summed E-state index contributed by atoms with van der Waals surface area (Å²) < 4.78 is 11.6. The van der Waals surface area contributed by atoms with E-state index in [1.54, 1.807) is 7.11 Å². The Balaban J connectivity index is 1.44. The van der Waals surface area contributed by atoms with Gasteiger partial charge in [-0.05, 0) is 56.1 Å². The molecule has 1 aliphatic heterocycles. The van der Waals surface area contributed by atoms with Gasteiger partial charge in [-0.2, -0.15) is 0 Å². The number of hydrogen-bond acceptors (Lipinski definition) is 4. The summed E-state index contributed by atoms with van der Waals surface area (Å²) in [7, 11) is 1.70. The quantitative estimate of drug-likeness (QED) is 0.474. The molecule has 1 N–H and O–H groups in total. The summed E-state index contributed by atoms with van der Waals surface area (Å²) in [6.07, 6.45) is 10.4. The van der Waals surface area contributed by atoms with Crippen molar-refractivity contribution in [1.29, 1.82) is 0 Å². The van der Waals surface area contributed by atoms with Gasteiger partial charge in [0.1, 0.15) is 6.61 Å². The Hall–Kier alpha value is -2.82. The molecule has 4 heteroatoms. The minimum atomic E-state index is 0.534. The van der Waals surface area contributed by atoms with Crippen molar-refractivity contribution in [3.63, 3.8) is 0 Å². The first-order valence-electron chi connectivity index (χ1n) is 11.4. The standard InChI is InChI=1S/C28H36N2O2/c1-4-5-7-10-23(2)21-30-17-15-26(16-18-30)29-20-25-13-14-27(28(19-25)31-3)32-22-24-11-8-6-9-12-24/h4-14,19,26,29H,1,15-18,20-22H2,2-3H3/b7-5-,23-10+. The summed E-state index contributed by atoms with van der Waals surface area (Å²) in [4.78, 5) is 2.54. The van der Waals surface area contributed by atoms with E-state index in [2.05, 4.69) is 60.1 Å². The molecule has 1 aliphatic rings. The Kier molecular flexibility index (Phi) is 9.60. The molecule has 4 nitrogen and oxygen atoms in total. The molecule has 0 aromatic heterocycles. The van der Waals surface area contributed by atoms with E-state index in [0.717, 1.165) is 43.2 Å². The molecule has 2 aromatic carbocycles. The number of nitrogens with one attached hydrogen (secondary N) is 1. The van der Waals surface area contributed by atoms with Crippen LogP contribution in [0.5, 0.6) is 11.5 Å². The van der Waals surface area contributed by atoms with Crippen LogP contribution in [0.25, 0.3) is 0 Å². The summed E-state index contributed by atoms with van der Waals surface area (Å²) in [6, 6.07) is 16.9. The fourth-order valence-corrected chi connectivity index (χ4v) is 3.94. The van der Waals surface area contributed by atoms with Crippen LogP contribution in [0.2, 0.25) is 0 Å². The SMILES string of the molecule is C=C/C=C\C=C(/C)CN1CCC(NCc2ccc(OCc3ccccc3)c(OC)c2)CC1. The maximum Gasteiger partial charge on any atom is 0.161 e. The molecule has 1 heterocycles. The number of hydrogen-bond donors (Lipinski definition) is 1. The van der Waals surface area contributed by atoms with Crippen LogP contribution in [-0.4, -0.2) is 37.7 Å². The van der Waals surface area contributed by atoms with Crippen LogP contribution < -0.4 is 14.8 Å². The van der Waals surface area contributed by atoms with E-state index in [4.69, 9.17) is 9.47 Å². The summed E-state index contributed by atoms with van der Waals surface area (Å²) in [5.41, 5.74) is 3.74. The Morgan fingerprint density at radius 3 is 2.56 bits per heavy atom. The summed E-state index contributed by atoms with van der Waals surface area (Å²) in [5.74, 6) is 1.56. The second kappa shape index (κ2) is 12.9. The molecule has 1 saturated heterocycles. The lowest BCUT2D eigenvalue weighted by Crippen LogP contribution is -2.42. The lowest BCUT2D eigenvalue weighted by Gasteiger charge is -2.32. The maximum absolute atomic E-state index is 5.97. The lowest BCUT2D eigenvalue weighted by atomic mass is 10.0. The number of methoxy groups -OCH3 is 1. The number of likely N-dealkylation sites (tertiary alicyclic amines) is 1. The minimum Gasteiger partial charge on any atom is -0.493 e. The molecule has 0 radical (unpaired) electrons. The molecule has 0 aliphatic carbocycles. The monoisotopic (exact) mass is 432 g/mol. The first-order valence-corrected chi connectivity index (χ1v) is 11.4. The first-order chi connectivity index (χ1) is 15.7. The zero-order valence-electron chi connectivity index (χ0n) is 19.4. The zero-order valence-corrected chi connectivity index (χ0v) is 19.4. The van der Waals surface area contributed by atoms with E-state index < -0.39 is 0 Å². The average Bonchev–Trinajstić information content (AvgIpc) is 2.83. The van der Waals surface area contributed by atoms with Gasteiger partial charge >= 0.3 is 0 Å². The number of nitrogens with zero attached hydrogens (tertiary/aromatic N) is 1. The molecular weight excluding hydrogens is 396 g/mol. The molecule has 3 rings (SSSR count). The normalized spacial score (nSPS) is 15.8. The fourth-order valence-electron chi connectivity index (χ4n) is 3.94. The number of benzene rings is 2. The first kappa shape index (κ1) is 23.8. The summed E-state index contributed by atoms with van der Waals surface area (Å²) in [6.45, 7) is 10.6. The average molecular weight is 433 g/mol. The minimum absolute atomic E-state index is 0.534. The highest BCUT2D eigenvalue weighted by atomic mass is 16.5. The van der Waals surface area contributed by atoms with Crippen LogP contribution in [0.15, 0.2) is 85.0 Å². The number of ether oxygens (including phenoxy) is 2. The highest BCUT2D eigenvalue weighted by Gasteiger charge is 2.19. The van der Waals surface area contributed by atoms with Gasteiger partial charge < -0.3 is 14.8 Å². The molecule has 0 amide bonds. The van der Waals surface area contributed by atoms with Crippen molar-refractivity contribution in [3.05, 3.63) is 96.1 Å². The van der Waals surface area contributed by atoms with E-state index in [1.165, 1.54) is 24.0 Å². The molecule has 1 fully saturated rings. The van der Waals surface area contributed by atoms with Gasteiger partial charge in [-0.25, -0.2) is 0 Å². The Morgan fingerprint density at radius 2 is 1.84 bits per heavy atom. The van der Waals surface area contributed by atoms with Crippen LogP contribution in [0.4, 0.5) is 0 Å². The molecule has 0 unspecified atom stereocenters. The smallest absolute Gasteiger partial charge is 0.161 e. The summed E-state index contributed by atoms with van der Waals surface area (Å²) >= 11 is 0. The van der Waals surface area contributed by atoms with Gasteiger partial charge in [-0.15, -0.1) is 0 Å². The van der Waals surface area contributed by atoms with Crippen LogP contribution in [0.3, 0.4) is 0 Å². The number of allylic oxidation sites excluding steroid dienone is 4. The molecule has 0 spiro atoms. The Bertz CT molecular complexity index is 897. The second-order valence-electron chi connectivity index (χ2n) is 8.32. The predicted molar refractivity (Wildman–Crippen MR) is 133 cm³/mol. The van der Waals surface area contributed by atoms with Crippen molar-refractivity contribution in [2.24, 2.45) is 0 Å². The summed E-state index contributed by atoms with van der Waals surface area (Å²) in [5, 5.41) is 3.72. The molecule has 0 atom stereocenters. The Morgan fingerprint density at radius 1 is 1.06 bits per heavy atom. The van der Waals surface area contributed by atoms with Crippen molar-refractivity contribution < 1.29 is 9.47 Å². The van der Waals surface area contributed by atoms with E-state index in [9.17, 15) is 0 Å². The lowest BCUT2D eigenvalue weighted by molar-refractivity contribution is 0.211. The van der Waals surface area contributed by atoms with Gasteiger partial charge in [0, 0.05) is 19.1 Å². The zero-order chi connectivity index (χ0) is 22.6. The Labute approximate surface area is 193 Å². The van der Waals surface area contributed by atoms with E-state index in [-0.39, 0.29) is 0 Å². The largest absolute Gasteiger partial charge is 0.493 e. The van der Waals surface area contributed by atoms with E-state index >= 15 is 0 Å². The van der Waals surface area contributed by atoms with Crippen LogP contribution in [0.1, 0.15) is 30.9 Å². The van der Waals surface area contributed by atoms with Crippen LogP contribution in [0, 0.1) is 0 Å². The van der Waals surface area contributed by atoms with E-state index in [0.29, 0.717) is 12.6 Å². The van der Waals surface area contributed by atoms with Gasteiger partial charge in [0.25, 0.3) is 0 Å². The van der Waals surface area contributed by atoms with Crippen molar-refractivity contribution in [3.8, 4) is 11.5 Å². The highest BCUT2D eigenvalue weighted by Crippen LogP contribution is 2.29. The number of piperidine rings is 1. The third-order valence-corrected chi connectivity index (χ3v) is 5.75. The maximum atomic E-state index is 5.97. The van der Waals surface area contributed by atoms with Crippen LogP contribution >= 0.6 is 0 Å². The van der Waals surface area contributed by atoms with Crippen molar-refractivity contribution >= 4 is 0 Å². The van der Waals surface area contributed by atoms with Crippen LogP contribution in [-0.2, 0) is 13.2 Å². The molecule has 2 aromatic rings. The highest BCUT2D eigenvalue weighted by molar-refractivity contribution is 5.43. The molecule has 0 bridgehead atoms. The predicted octanol–water partition coefficient (Wildman–Crippen LogP) is 5.52. The van der Waals surface area contributed by atoms with Gasteiger partial charge in [-0.3, -0.25) is 4.90 Å². The third-order valence-electron chi connectivity index (χ3n) is 5.75. The van der Waals surface area contributed by atoms with E-state index in [1.807, 2.05) is 36.4 Å². The van der Waals surface area contributed by atoms with Gasteiger partial charge in [0.05, 0.1) is 7.11 Å². The van der Waals surface area contributed by atoms with Crippen molar-refractivity contribution in [1.82, 2.24) is 10.2 Å². The number of rotatable bonds is 11. The molecule has 170 valence electrons. The van der Waals surface area contributed by atoms with Gasteiger partial charge in [0.15, 0.2) is 11.5 Å². The van der Waals surface area contributed by atoms with Crippen molar-refractivity contribution in [2.75, 3.05) is 26.7 Å². The molecule has 32 heavy (non-hydrogen) atoms. The van der Waals surface area contributed by atoms with Crippen molar-refractivity contribution in [2.45, 2.75) is 39.0 Å². The topological polar surface area (TPSA) is 33.7 Å². The van der Waals surface area contributed by atoms with Gasteiger partial charge in [-0.1, -0.05) is 72.9 Å². The fraction of sp³-hybridized carbons (Fsp3) is 0.357.